The smallest absolute Gasteiger partial charge is 0.251 e. The Morgan fingerprint density at radius 1 is 1.10 bits per heavy atom. The second-order valence-corrected chi connectivity index (χ2v) is 8.51. The molecule has 6 heteroatoms. The molecule has 5 rings (SSSR count). The van der Waals surface area contributed by atoms with Gasteiger partial charge in [-0.05, 0) is 37.5 Å². The van der Waals surface area contributed by atoms with Crippen molar-refractivity contribution in [2.45, 2.75) is 50.9 Å². The molecule has 0 radical (unpaired) electrons. The van der Waals surface area contributed by atoms with E-state index < -0.39 is 5.79 Å². The highest BCUT2D eigenvalue weighted by atomic mass is 16.7. The molecule has 2 amide bonds. The van der Waals surface area contributed by atoms with Gasteiger partial charge in [-0.25, -0.2) is 0 Å². The summed E-state index contributed by atoms with van der Waals surface area (Å²) in [6, 6.07) is 15.3. The molecule has 1 saturated heterocycles. The minimum Gasteiger partial charge on any atom is -0.448 e. The number of carbonyl (C=O) groups excluding carboxylic acids is 2. The molecule has 0 unspecified atom stereocenters. The molecule has 3 aliphatic rings. The summed E-state index contributed by atoms with van der Waals surface area (Å²) < 4.78 is 12.1. The van der Waals surface area contributed by atoms with Gasteiger partial charge in [-0.1, -0.05) is 30.3 Å². The Balaban J connectivity index is 1.24. The van der Waals surface area contributed by atoms with E-state index in [2.05, 4.69) is 5.32 Å². The van der Waals surface area contributed by atoms with Crippen LogP contribution in [0.25, 0.3) is 0 Å². The zero-order chi connectivity index (χ0) is 20.7. The number of nitrogens with zero attached hydrogens (tertiary/aromatic N) is 1. The van der Waals surface area contributed by atoms with Gasteiger partial charge in [-0.3, -0.25) is 9.59 Å². The standard InChI is InChI=1S/C24H26N2O4/c1-16(17-7-3-2-4-8-17)26-15-18(13-22(26)27)23(28)25-19-9-10-20-21(14-19)30-24(29-20)11-5-6-12-24/h2-4,7-10,14,16,18H,5-6,11-13,15H2,1H3,(H,25,28)/t16-,18+/m1/s1. The van der Waals surface area contributed by atoms with E-state index in [1.807, 2.05) is 55.5 Å². The molecule has 1 saturated carbocycles. The third-order valence-electron chi connectivity index (χ3n) is 6.45. The van der Waals surface area contributed by atoms with Crippen molar-refractivity contribution in [1.82, 2.24) is 4.90 Å². The molecule has 6 nitrogen and oxygen atoms in total. The Morgan fingerprint density at radius 2 is 1.83 bits per heavy atom. The summed E-state index contributed by atoms with van der Waals surface area (Å²) in [4.78, 5) is 27.2. The molecule has 1 spiro atoms. The van der Waals surface area contributed by atoms with Crippen LogP contribution in [0.15, 0.2) is 48.5 Å². The van der Waals surface area contributed by atoms with Gasteiger partial charge >= 0.3 is 0 Å². The van der Waals surface area contributed by atoms with Crippen LogP contribution in [0.1, 0.15) is 50.6 Å². The average Bonchev–Trinajstić information content (AvgIpc) is 3.46. The van der Waals surface area contributed by atoms with E-state index in [0.29, 0.717) is 18.0 Å². The number of benzene rings is 2. The molecule has 156 valence electrons. The van der Waals surface area contributed by atoms with Crippen LogP contribution in [0.3, 0.4) is 0 Å². The zero-order valence-electron chi connectivity index (χ0n) is 17.1. The van der Waals surface area contributed by atoms with Crippen molar-refractivity contribution in [3.05, 3.63) is 54.1 Å². The third kappa shape index (κ3) is 3.40. The van der Waals surface area contributed by atoms with Crippen molar-refractivity contribution in [3.63, 3.8) is 0 Å². The molecule has 2 atom stereocenters. The van der Waals surface area contributed by atoms with Crippen LogP contribution in [-0.2, 0) is 9.59 Å². The highest BCUT2D eigenvalue weighted by Gasteiger charge is 2.44. The number of anilines is 1. The van der Waals surface area contributed by atoms with Crippen molar-refractivity contribution in [3.8, 4) is 11.5 Å². The lowest BCUT2D eigenvalue weighted by Gasteiger charge is -2.25. The SMILES string of the molecule is C[C@H](c1ccccc1)N1C[C@@H](C(=O)Nc2ccc3c(c2)OC2(CCCC2)O3)CC1=O. The van der Waals surface area contributed by atoms with Crippen molar-refractivity contribution < 1.29 is 19.1 Å². The second-order valence-electron chi connectivity index (χ2n) is 8.51. The first-order chi connectivity index (χ1) is 14.5. The van der Waals surface area contributed by atoms with Crippen LogP contribution in [0.5, 0.6) is 11.5 Å². The number of hydrogen-bond donors (Lipinski definition) is 1. The number of hydrogen-bond acceptors (Lipinski definition) is 4. The van der Waals surface area contributed by atoms with E-state index in [0.717, 1.165) is 37.0 Å². The Bertz CT molecular complexity index is 968. The van der Waals surface area contributed by atoms with Gasteiger partial charge in [0.1, 0.15) is 0 Å². The first-order valence-corrected chi connectivity index (χ1v) is 10.7. The summed E-state index contributed by atoms with van der Waals surface area (Å²) in [6.45, 7) is 2.43. The number of likely N-dealkylation sites (tertiary alicyclic amines) is 1. The van der Waals surface area contributed by atoms with Gasteiger partial charge in [0, 0.05) is 37.6 Å². The highest BCUT2D eigenvalue weighted by Crippen LogP contribution is 2.47. The van der Waals surface area contributed by atoms with Gasteiger partial charge in [0.05, 0.1) is 12.0 Å². The summed E-state index contributed by atoms with van der Waals surface area (Å²) in [6.07, 6.45) is 4.22. The number of carbonyl (C=O) groups is 2. The Kier molecular flexibility index (Phi) is 4.65. The molecule has 2 aromatic rings. The van der Waals surface area contributed by atoms with E-state index in [-0.39, 0.29) is 30.2 Å². The maximum Gasteiger partial charge on any atom is 0.251 e. The van der Waals surface area contributed by atoms with Gasteiger partial charge in [0.2, 0.25) is 11.8 Å². The van der Waals surface area contributed by atoms with Crippen LogP contribution < -0.4 is 14.8 Å². The molecule has 0 bridgehead atoms. The molecule has 30 heavy (non-hydrogen) atoms. The van der Waals surface area contributed by atoms with Gasteiger partial charge in [-0.2, -0.15) is 0 Å². The lowest BCUT2D eigenvalue weighted by atomic mass is 10.1. The predicted octanol–water partition coefficient (Wildman–Crippen LogP) is 4.28. The predicted molar refractivity (Wildman–Crippen MR) is 112 cm³/mol. The normalized spacial score (nSPS) is 22.5. The van der Waals surface area contributed by atoms with Crippen LogP contribution in [0.2, 0.25) is 0 Å². The zero-order valence-corrected chi connectivity index (χ0v) is 17.1. The summed E-state index contributed by atoms with van der Waals surface area (Å²) in [5.74, 6) is 0.401. The number of ether oxygens (including phenoxy) is 2. The summed E-state index contributed by atoms with van der Waals surface area (Å²) in [7, 11) is 0. The summed E-state index contributed by atoms with van der Waals surface area (Å²) in [5, 5.41) is 2.96. The molecule has 1 aliphatic carbocycles. The Labute approximate surface area is 176 Å². The fourth-order valence-corrected chi connectivity index (χ4v) is 4.73. The molecular weight excluding hydrogens is 380 g/mol. The lowest BCUT2D eigenvalue weighted by Crippen LogP contribution is -2.34. The second kappa shape index (κ2) is 7.35. The van der Waals surface area contributed by atoms with Gasteiger partial charge < -0.3 is 19.7 Å². The van der Waals surface area contributed by atoms with Crippen molar-refractivity contribution in [1.29, 1.82) is 0 Å². The van der Waals surface area contributed by atoms with Crippen molar-refractivity contribution >= 4 is 17.5 Å². The highest BCUT2D eigenvalue weighted by molar-refractivity contribution is 5.97. The van der Waals surface area contributed by atoms with Crippen LogP contribution >= 0.6 is 0 Å². The number of nitrogens with one attached hydrogen (secondary N) is 1. The maximum absolute atomic E-state index is 12.9. The van der Waals surface area contributed by atoms with Crippen molar-refractivity contribution in [2.75, 3.05) is 11.9 Å². The minimum atomic E-state index is -0.517. The topological polar surface area (TPSA) is 67.9 Å². The maximum atomic E-state index is 12.9. The van der Waals surface area contributed by atoms with Crippen LogP contribution in [0.4, 0.5) is 5.69 Å². The fourth-order valence-electron chi connectivity index (χ4n) is 4.73. The van der Waals surface area contributed by atoms with E-state index >= 15 is 0 Å². The monoisotopic (exact) mass is 406 g/mol. The molecule has 2 fully saturated rings. The molecular formula is C24H26N2O4. The fraction of sp³-hybridized carbons (Fsp3) is 0.417. The first-order valence-electron chi connectivity index (χ1n) is 10.7. The van der Waals surface area contributed by atoms with Crippen LogP contribution in [0, 0.1) is 5.92 Å². The number of amides is 2. The number of fused-ring (bicyclic) bond motifs is 1. The van der Waals surface area contributed by atoms with Crippen LogP contribution in [-0.4, -0.2) is 29.0 Å². The van der Waals surface area contributed by atoms with E-state index in [4.69, 9.17) is 9.47 Å². The Morgan fingerprint density at radius 3 is 2.60 bits per heavy atom. The first kappa shape index (κ1) is 19.0. The lowest BCUT2D eigenvalue weighted by molar-refractivity contribution is -0.129. The van der Waals surface area contributed by atoms with Gasteiger partial charge in [0.25, 0.3) is 5.79 Å². The Hall–Kier alpha value is -3.02. The van der Waals surface area contributed by atoms with E-state index in [1.165, 1.54) is 0 Å². The van der Waals surface area contributed by atoms with E-state index in [1.54, 1.807) is 4.90 Å². The molecule has 2 aliphatic heterocycles. The van der Waals surface area contributed by atoms with Gasteiger partial charge in [-0.15, -0.1) is 0 Å². The summed E-state index contributed by atoms with van der Waals surface area (Å²) in [5.41, 5.74) is 1.74. The molecule has 0 aromatic heterocycles. The van der Waals surface area contributed by atoms with Crippen molar-refractivity contribution in [2.24, 2.45) is 5.92 Å². The number of rotatable bonds is 4. The third-order valence-corrected chi connectivity index (χ3v) is 6.45. The van der Waals surface area contributed by atoms with Gasteiger partial charge in [0.15, 0.2) is 11.5 Å². The molecule has 2 heterocycles. The summed E-state index contributed by atoms with van der Waals surface area (Å²) >= 11 is 0. The minimum absolute atomic E-state index is 0.0142. The largest absolute Gasteiger partial charge is 0.448 e. The molecule has 1 N–H and O–H groups in total. The van der Waals surface area contributed by atoms with E-state index in [9.17, 15) is 9.59 Å². The molecule has 2 aromatic carbocycles. The average molecular weight is 406 g/mol. The quantitative estimate of drug-likeness (QED) is 0.823.